The van der Waals surface area contributed by atoms with E-state index in [9.17, 15) is 4.79 Å². The molecule has 0 fully saturated rings. The van der Waals surface area contributed by atoms with Crippen LogP contribution in [0.15, 0.2) is 0 Å². The Morgan fingerprint density at radius 3 is 1.35 bits per heavy atom. The lowest BCUT2D eigenvalue weighted by Gasteiger charge is -2.03. The van der Waals surface area contributed by atoms with Crippen LogP contribution in [0.25, 0.3) is 0 Å². The first-order valence-electron chi connectivity index (χ1n) is 9.01. The molecule has 2 nitrogen and oxygen atoms in total. The third kappa shape index (κ3) is 15.5. The highest BCUT2D eigenvalue weighted by atomic mass is 16.1. The van der Waals surface area contributed by atoms with E-state index in [1.807, 2.05) is 0 Å². The number of rotatable bonds is 15. The monoisotopic (exact) mass is 283 g/mol. The minimum absolute atomic E-state index is 0.184. The van der Waals surface area contributed by atoms with Gasteiger partial charge in [-0.2, -0.15) is 0 Å². The van der Waals surface area contributed by atoms with Crippen molar-refractivity contribution in [3.63, 3.8) is 0 Å². The van der Waals surface area contributed by atoms with Gasteiger partial charge in [0.2, 0.25) is 5.91 Å². The van der Waals surface area contributed by atoms with Gasteiger partial charge in [-0.15, -0.1) is 0 Å². The molecule has 0 saturated heterocycles. The molecular formula is C18H37NO. The zero-order chi connectivity index (χ0) is 14.9. The Morgan fingerprint density at radius 1 is 0.650 bits per heavy atom. The van der Waals surface area contributed by atoms with Gasteiger partial charge in [-0.1, -0.05) is 90.4 Å². The molecule has 20 heavy (non-hydrogen) atoms. The van der Waals surface area contributed by atoms with Gasteiger partial charge in [-0.05, 0) is 6.42 Å². The first-order chi connectivity index (χ1) is 9.81. The molecule has 0 rings (SSSR count). The maximum absolute atomic E-state index is 11.0. The maximum atomic E-state index is 11.0. The second kappa shape index (κ2) is 16.5. The number of unbranched alkanes of at least 4 members (excludes halogenated alkanes) is 13. The molecule has 120 valence electrons. The average molecular weight is 283 g/mol. The van der Waals surface area contributed by atoms with Crippen LogP contribution < -0.4 is 5.32 Å². The summed E-state index contributed by atoms with van der Waals surface area (Å²) < 4.78 is 0. The summed E-state index contributed by atoms with van der Waals surface area (Å²) in [4.78, 5) is 11.0. The molecule has 0 aliphatic carbocycles. The van der Waals surface area contributed by atoms with Crippen LogP contribution in [0, 0.1) is 0 Å². The summed E-state index contributed by atoms with van der Waals surface area (Å²) in [5, 5.41) is 2.67. The van der Waals surface area contributed by atoms with Crippen LogP contribution in [0.2, 0.25) is 0 Å². The van der Waals surface area contributed by atoms with Crippen LogP contribution in [-0.2, 0) is 4.79 Å². The average Bonchev–Trinajstić information content (AvgIpc) is 2.47. The summed E-state index contributed by atoms with van der Waals surface area (Å²) in [6, 6.07) is 0. The van der Waals surface area contributed by atoms with E-state index in [0.717, 1.165) is 6.42 Å². The molecular weight excluding hydrogens is 246 g/mol. The lowest BCUT2D eigenvalue weighted by Crippen LogP contribution is -2.16. The highest BCUT2D eigenvalue weighted by Crippen LogP contribution is 2.13. The number of nitrogens with one attached hydrogen (secondary N) is 1. The number of hydrogen-bond donors (Lipinski definition) is 1. The molecule has 0 bridgehead atoms. The van der Waals surface area contributed by atoms with E-state index in [4.69, 9.17) is 0 Å². The molecule has 0 saturated carbocycles. The largest absolute Gasteiger partial charge is 0.359 e. The van der Waals surface area contributed by atoms with E-state index >= 15 is 0 Å². The fourth-order valence-electron chi connectivity index (χ4n) is 2.61. The summed E-state index contributed by atoms with van der Waals surface area (Å²) in [6.45, 7) is 2.28. The van der Waals surface area contributed by atoms with Gasteiger partial charge in [0.25, 0.3) is 0 Å². The Bertz CT molecular complexity index is 204. The van der Waals surface area contributed by atoms with Crippen molar-refractivity contribution in [3.05, 3.63) is 0 Å². The van der Waals surface area contributed by atoms with E-state index in [2.05, 4.69) is 12.2 Å². The Kier molecular flexibility index (Phi) is 16.1. The van der Waals surface area contributed by atoms with Crippen LogP contribution in [0.3, 0.4) is 0 Å². The molecule has 0 heterocycles. The van der Waals surface area contributed by atoms with Crippen molar-refractivity contribution in [1.82, 2.24) is 5.32 Å². The SMILES string of the molecule is CCCCCCCCCCCCCCCCC(=O)NC. The van der Waals surface area contributed by atoms with Crippen LogP contribution in [0.4, 0.5) is 0 Å². The Hall–Kier alpha value is -0.530. The third-order valence-corrected chi connectivity index (χ3v) is 4.04. The van der Waals surface area contributed by atoms with Crippen LogP contribution in [0.1, 0.15) is 103 Å². The Balaban J connectivity index is 2.97. The molecule has 0 spiro atoms. The second-order valence-electron chi connectivity index (χ2n) is 6.02. The molecule has 0 aromatic carbocycles. The van der Waals surface area contributed by atoms with E-state index in [1.54, 1.807) is 7.05 Å². The standard InChI is InChI=1S/C18H37NO/c1-3-4-5-6-7-8-9-10-11-12-13-14-15-16-17-18(20)19-2/h3-17H2,1-2H3,(H,19,20). The first kappa shape index (κ1) is 19.5. The molecule has 0 aromatic rings. The molecule has 2 heteroatoms. The van der Waals surface area contributed by atoms with Gasteiger partial charge in [0, 0.05) is 13.5 Å². The second-order valence-corrected chi connectivity index (χ2v) is 6.02. The van der Waals surface area contributed by atoms with E-state index in [1.165, 1.54) is 83.5 Å². The number of carbonyl (C=O) groups is 1. The van der Waals surface area contributed by atoms with Crippen molar-refractivity contribution in [3.8, 4) is 0 Å². The van der Waals surface area contributed by atoms with E-state index in [-0.39, 0.29) is 5.91 Å². The maximum Gasteiger partial charge on any atom is 0.219 e. The smallest absolute Gasteiger partial charge is 0.219 e. The first-order valence-corrected chi connectivity index (χ1v) is 9.01. The lowest BCUT2D eigenvalue weighted by atomic mass is 10.0. The van der Waals surface area contributed by atoms with Crippen LogP contribution >= 0.6 is 0 Å². The van der Waals surface area contributed by atoms with E-state index in [0.29, 0.717) is 6.42 Å². The van der Waals surface area contributed by atoms with Crippen molar-refractivity contribution in [2.75, 3.05) is 7.05 Å². The predicted octanol–water partition coefficient (Wildman–Crippen LogP) is 5.60. The summed E-state index contributed by atoms with van der Waals surface area (Å²) in [6.07, 6.45) is 19.8. The van der Waals surface area contributed by atoms with Crippen molar-refractivity contribution in [2.45, 2.75) is 103 Å². The zero-order valence-corrected chi connectivity index (χ0v) is 14.0. The van der Waals surface area contributed by atoms with Gasteiger partial charge < -0.3 is 5.32 Å². The molecule has 0 aliphatic rings. The molecule has 0 atom stereocenters. The minimum Gasteiger partial charge on any atom is -0.359 e. The Morgan fingerprint density at radius 2 is 1.00 bits per heavy atom. The predicted molar refractivity (Wildman–Crippen MR) is 89.0 cm³/mol. The summed E-state index contributed by atoms with van der Waals surface area (Å²) in [7, 11) is 1.71. The van der Waals surface area contributed by atoms with Crippen molar-refractivity contribution < 1.29 is 4.79 Å². The zero-order valence-electron chi connectivity index (χ0n) is 14.0. The van der Waals surface area contributed by atoms with Gasteiger partial charge in [-0.25, -0.2) is 0 Å². The molecule has 0 radical (unpaired) electrons. The molecule has 1 amide bonds. The molecule has 0 aromatic heterocycles. The summed E-state index contributed by atoms with van der Waals surface area (Å²) in [5.41, 5.74) is 0. The highest BCUT2D eigenvalue weighted by molar-refractivity contribution is 5.75. The fraction of sp³-hybridized carbons (Fsp3) is 0.944. The van der Waals surface area contributed by atoms with Gasteiger partial charge in [0.1, 0.15) is 0 Å². The fourth-order valence-corrected chi connectivity index (χ4v) is 2.61. The molecule has 0 unspecified atom stereocenters. The number of carbonyl (C=O) groups excluding carboxylic acids is 1. The van der Waals surface area contributed by atoms with Gasteiger partial charge in [0.15, 0.2) is 0 Å². The summed E-state index contributed by atoms with van der Waals surface area (Å²) >= 11 is 0. The topological polar surface area (TPSA) is 29.1 Å². The number of hydrogen-bond acceptors (Lipinski definition) is 1. The lowest BCUT2D eigenvalue weighted by molar-refractivity contribution is -0.120. The third-order valence-electron chi connectivity index (χ3n) is 4.04. The van der Waals surface area contributed by atoms with Gasteiger partial charge in [-0.3, -0.25) is 4.79 Å². The quantitative estimate of drug-likeness (QED) is 0.389. The van der Waals surface area contributed by atoms with Gasteiger partial charge in [0.05, 0.1) is 0 Å². The van der Waals surface area contributed by atoms with Crippen LogP contribution in [0.5, 0.6) is 0 Å². The van der Waals surface area contributed by atoms with E-state index < -0.39 is 0 Å². The minimum atomic E-state index is 0.184. The van der Waals surface area contributed by atoms with Crippen molar-refractivity contribution >= 4 is 5.91 Å². The Labute approximate surface area is 127 Å². The van der Waals surface area contributed by atoms with Gasteiger partial charge >= 0.3 is 0 Å². The van der Waals surface area contributed by atoms with Crippen LogP contribution in [-0.4, -0.2) is 13.0 Å². The van der Waals surface area contributed by atoms with Crippen molar-refractivity contribution in [1.29, 1.82) is 0 Å². The normalized spacial score (nSPS) is 10.7. The highest BCUT2D eigenvalue weighted by Gasteiger charge is 1.97. The number of amides is 1. The molecule has 0 aliphatic heterocycles. The molecule has 1 N–H and O–H groups in total. The van der Waals surface area contributed by atoms with Crippen molar-refractivity contribution in [2.24, 2.45) is 0 Å². The summed E-state index contributed by atoms with van der Waals surface area (Å²) in [5.74, 6) is 0.184.